The van der Waals surface area contributed by atoms with Gasteiger partial charge in [0.1, 0.15) is 12.4 Å². The van der Waals surface area contributed by atoms with Gasteiger partial charge in [0.15, 0.2) is 0 Å². The lowest BCUT2D eigenvalue weighted by Gasteiger charge is -2.08. The third kappa shape index (κ3) is 3.69. The van der Waals surface area contributed by atoms with Crippen molar-refractivity contribution in [2.24, 2.45) is 0 Å². The van der Waals surface area contributed by atoms with E-state index < -0.39 is 0 Å². The molecule has 3 rings (SSSR count). The standard InChI is InChI=1S/C18H15NO2.C2H6/c1-2-18(20)19-12-11-15-16(19)9-6-10-17(15)21-13-14-7-4-3-5-8-14;1-2/h2-12H,1,13H2;1-2H3. The number of allylic oxidation sites excluding steroid dienone is 1. The smallest absolute Gasteiger partial charge is 0.254 e. The molecule has 0 saturated carbocycles. The summed E-state index contributed by atoms with van der Waals surface area (Å²) in [5.74, 6) is 0.622. The zero-order valence-electron chi connectivity index (χ0n) is 13.5. The Hall–Kier alpha value is -2.81. The number of rotatable bonds is 4. The average Bonchev–Trinajstić information content (AvgIpc) is 3.06. The summed E-state index contributed by atoms with van der Waals surface area (Å²) in [6.45, 7) is 8.02. The third-order valence-corrected chi connectivity index (χ3v) is 3.34. The highest BCUT2D eigenvalue weighted by Crippen LogP contribution is 2.27. The van der Waals surface area contributed by atoms with Crippen LogP contribution in [0.4, 0.5) is 0 Å². The first-order valence-electron chi connectivity index (χ1n) is 7.73. The first-order chi connectivity index (χ1) is 11.3. The van der Waals surface area contributed by atoms with E-state index in [-0.39, 0.29) is 5.91 Å². The van der Waals surface area contributed by atoms with E-state index >= 15 is 0 Å². The van der Waals surface area contributed by atoms with Gasteiger partial charge in [-0.15, -0.1) is 0 Å². The number of aromatic nitrogens is 1. The molecule has 0 fully saturated rings. The maximum atomic E-state index is 11.8. The minimum Gasteiger partial charge on any atom is -0.488 e. The van der Waals surface area contributed by atoms with Gasteiger partial charge in [-0.2, -0.15) is 0 Å². The summed E-state index contributed by atoms with van der Waals surface area (Å²) < 4.78 is 7.45. The van der Waals surface area contributed by atoms with Crippen molar-refractivity contribution in [1.82, 2.24) is 4.57 Å². The summed E-state index contributed by atoms with van der Waals surface area (Å²) in [4.78, 5) is 11.8. The molecule has 0 amide bonds. The van der Waals surface area contributed by atoms with Gasteiger partial charge in [-0.3, -0.25) is 9.36 Å². The van der Waals surface area contributed by atoms with Crippen molar-refractivity contribution in [1.29, 1.82) is 0 Å². The molecule has 23 heavy (non-hydrogen) atoms. The summed E-state index contributed by atoms with van der Waals surface area (Å²) in [5.41, 5.74) is 1.93. The highest BCUT2D eigenvalue weighted by molar-refractivity contribution is 5.99. The summed E-state index contributed by atoms with van der Waals surface area (Å²) in [6, 6.07) is 17.6. The zero-order valence-corrected chi connectivity index (χ0v) is 13.5. The molecule has 1 heterocycles. The Morgan fingerprint density at radius 2 is 1.83 bits per heavy atom. The van der Waals surface area contributed by atoms with Crippen LogP contribution in [0.5, 0.6) is 5.75 Å². The number of hydrogen-bond donors (Lipinski definition) is 0. The van der Waals surface area contributed by atoms with Crippen LogP contribution in [0.15, 0.2) is 73.4 Å². The maximum absolute atomic E-state index is 11.8. The predicted molar refractivity (Wildman–Crippen MR) is 94.9 cm³/mol. The first kappa shape index (κ1) is 16.6. The molecular formula is C20H21NO2. The Bertz CT molecular complexity index is 788. The molecule has 0 unspecified atom stereocenters. The fraction of sp³-hybridized carbons (Fsp3) is 0.150. The molecule has 2 aromatic carbocycles. The Morgan fingerprint density at radius 1 is 1.09 bits per heavy atom. The predicted octanol–water partition coefficient (Wildman–Crippen LogP) is 5.07. The van der Waals surface area contributed by atoms with Crippen LogP contribution < -0.4 is 4.74 Å². The van der Waals surface area contributed by atoms with Crippen molar-refractivity contribution in [3.8, 4) is 5.75 Å². The van der Waals surface area contributed by atoms with Crippen LogP contribution in [0.25, 0.3) is 10.9 Å². The van der Waals surface area contributed by atoms with Gasteiger partial charge in [0.2, 0.25) is 0 Å². The summed E-state index contributed by atoms with van der Waals surface area (Å²) >= 11 is 0. The second-order valence-electron chi connectivity index (χ2n) is 4.69. The van der Waals surface area contributed by atoms with Crippen LogP contribution in [0, 0.1) is 0 Å². The molecule has 0 spiro atoms. The molecule has 0 bridgehead atoms. The minimum atomic E-state index is -0.148. The number of benzene rings is 2. The van der Waals surface area contributed by atoms with Gasteiger partial charge in [0.05, 0.1) is 5.52 Å². The average molecular weight is 307 g/mol. The molecule has 3 aromatic rings. The zero-order chi connectivity index (χ0) is 16.7. The van der Waals surface area contributed by atoms with E-state index in [4.69, 9.17) is 4.74 Å². The van der Waals surface area contributed by atoms with E-state index in [1.165, 1.54) is 6.08 Å². The van der Waals surface area contributed by atoms with Gasteiger partial charge in [-0.1, -0.05) is 56.8 Å². The molecule has 1 aromatic heterocycles. The highest BCUT2D eigenvalue weighted by Gasteiger charge is 2.09. The van der Waals surface area contributed by atoms with E-state index in [9.17, 15) is 4.79 Å². The fourth-order valence-corrected chi connectivity index (χ4v) is 2.29. The Labute approximate surface area is 136 Å². The van der Waals surface area contributed by atoms with Crippen molar-refractivity contribution in [2.75, 3.05) is 0 Å². The Balaban J connectivity index is 0.000000924. The molecule has 118 valence electrons. The van der Waals surface area contributed by atoms with E-state index in [0.717, 1.165) is 22.2 Å². The molecule has 3 heteroatoms. The SMILES string of the molecule is C=CC(=O)n1ccc2c(OCc3ccccc3)cccc21.CC. The summed E-state index contributed by atoms with van der Waals surface area (Å²) in [6.07, 6.45) is 3.04. The largest absolute Gasteiger partial charge is 0.488 e. The molecule has 0 saturated heterocycles. The van der Waals surface area contributed by atoms with Crippen molar-refractivity contribution in [3.63, 3.8) is 0 Å². The molecule has 0 radical (unpaired) electrons. The van der Waals surface area contributed by atoms with Crippen LogP contribution in [0.3, 0.4) is 0 Å². The van der Waals surface area contributed by atoms with E-state index in [1.54, 1.807) is 10.8 Å². The number of nitrogens with zero attached hydrogens (tertiary/aromatic N) is 1. The topological polar surface area (TPSA) is 31.2 Å². The second-order valence-corrected chi connectivity index (χ2v) is 4.69. The highest BCUT2D eigenvalue weighted by atomic mass is 16.5. The van der Waals surface area contributed by atoms with Crippen LogP contribution in [0.2, 0.25) is 0 Å². The molecule has 3 nitrogen and oxygen atoms in total. The lowest BCUT2D eigenvalue weighted by Crippen LogP contribution is -2.04. The second kappa shape index (κ2) is 7.99. The van der Waals surface area contributed by atoms with Crippen LogP contribution >= 0.6 is 0 Å². The van der Waals surface area contributed by atoms with E-state index in [1.807, 2.05) is 68.4 Å². The fourth-order valence-electron chi connectivity index (χ4n) is 2.29. The van der Waals surface area contributed by atoms with Gasteiger partial charge in [0, 0.05) is 11.6 Å². The molecular weight excluding hydrogens is 286 g/mol. The van der Waals surface area contributed by atoms with Crippen LogP contribution in [0.1, 0.15) is 24.2 Å². The number of ether oxygens (including phenoxy) is 1. The van der Waals surface area contributed by atoms with Gasteiger partial charge in [-0.05, 0) is 29.8 Å². The van der Waals surface area contributed by atoms with Crippen LogP contribution in [-0.4, -0.2) is 10.5 Å². The molecule has 0 aliphatic rings. The van der Waals surface area contributed by atoms with Gasteiger partial charge in [0.25, 0.3) is 5.91 Å². The number of carbonyl (C=O) groups excluding carboxylic acids is 1. The molecule has 0 N–H and O–H groups in total. The van der Waals surface area contributed by atoms with Crippen molar-refractivity contribution < 1.29 is 9.53 Å². The maximum Gasteiger partial charge on any atom is 0.254 e. The van der Waals surface area contributed by atoms with E-state index in [0.29, 0.717) is 6.61 Å². The minimum absolute atomic E-state index is 0.148. The molecule has 0 aliphatic heterocycles. The third-order valence-electron chi connectivity index (χ3n) is 3.34. The lowest BCUT2D eigenvalue weighted by atomic mass is 10.2. The quantitative estimate of drug-likeness (QED) is 0.630. The summed E-state index contributed by atoms with van der Waals surface area (Å²) in [5, 5.41) is 0.920. The number of fused-ring (bicyclic) bond motifs is 1. The Kier molecular flexibility index (Phi) is 5.75. The monoisotopic (exact) mass is 307 g/mol. The van der Waals surface area contributed by atoms with Gasteiger partial charge < -0.3 is 4.74 Å². The van der Waals surface area contributed by atoms with E-state index in [2.05, 4.69) is 6.58 Å². The summed E-state index contributed by atoms with van der Waals surface area (Å²) in [7, 11) is 0. The number of carbonyl (C=O) groups is 1. The van der Waals surface area contributed by atoms with Crippen molar-refractivity contribution >= 4 is 16.8 Å². The lowest BCUT2D eigenvalue weighted by molar-refractivity contribution is 0.0974. The van der Waals surface area contributed by atoms with Crippen LogP contribution in [-0.2, 0) is 6.61 Å². The van der Waals surface area contributed by atoms with Gasteiger partial charge >= 0.3 is 0 Å². The van der Waals surface area contributed by atoms with Crippen molar-refractivity contribution in [2.45, 2.75) is 20.5 Å². The van der Waals surface area contributed by atoms with Crippen molar-refractivity contribution in [3.05, 3.63) is 79.0 Å². The number of hydrogen-bond acceptors (Lipinski definition) is 2. The normalized spacial score (nSPS) is 9.83. The first-order valence-corrected chi connectivity index (χ1v) is 7.73. The molecule has 0 atom stereocenters. The Morgan fingerprint density at radius 3 is 2.52 bits per heavy atom. The molecule has 0 aliphatic carbocycles. The van der Waals surface area contributed by atoms with Gasteiger partial charge in [-0.25, -0.2) is 0 Å².